The summed E-state index contributed by atoms with van der Waals surface area (Å²) in [4.78, 5) is 0. The summed E-state index contributed by atoms with van der Waals surface area (Å²) in [5.41, 5.74) is 8.77. The van der Waals surface area contributed by atoms with Crippen molar-refractivity contribution in [1.82, 2.24) is 0 Å². The van der Waals surface area contributed by atoms with Crippen molar-refractivity contribution in [2.45, 2.75) is 52.0 Å². The predicted octanol–water partition coefficient (Wildman–Crippen LogP) is 4.61. The SMILES string of the molecule is CCC1CCC(Nc2cc(Cl)c(N)cc2C)CC1. The van der Waals surface area contributed by atoms with Gasteiger partial charge in [-0.1, -0.05) is 24.9 Å². The van der Waals surface area contributed by atoms with Gasteiger partial charge in [-0.05, 0) is 56.2 Å². The number of nitrogens with one attached hydrogen (secondary N) is 1. The molecule has 0 unspecified atom stereocenters. The molecule has 3 heteroatoms. The van der Waals surface area contributed by atoms with Crippen LogP contribution in [0.3, 0.4) is 0 Å². The van der Waals surface area contributed by atoms with Gasteiger partial charge in [0, 0.05) is 11.7 Å². The minimum atomic E-state index is 0.589. The van der Waals surface area contributed by atoms with Gasteiger partial charge in [-0.25, -0.2) is 0 Å². The van der Waals surface area contributed by atoms with E-state index in [0.29, 0.717) is 16.8 Å². The van der Waals surface area contributed by atoms with Gasteiger partial charge in [-0.3, -0.25) is 0 Å². The van der Waals surface area contributed by atoms with Gasteiger partial charge in [-0.15, -0.1) is 0 Å². The van der Waals surface area contributed by atoms with Gasteiger partial charge in [0.15, 0.2) is 0 Å². The summed E-state index contributed by atoms with van der Waals surface area (Å²) < 4.78 is 0. The van der Waals surface area contributed by atoms with Gasteiger partial charge in [0.25, 0.3) is 0 Å². The molecule has 0 atom stereocenters. The maximum atomic E-state index is 6.08. The lowest BCUT2D eigenvalue weighted by molar-refractivity contribution is 0.330. The highest BCUT2D eigenvalue weighted by Crippen LogP contribution is 2.31. The average molecular weight is 267 g/mol. The second-order valence-corrected chi connectivity index (χ2v) is 5.87. The van der Waals surface area contributed by atoms with Gasteiger partial charge >= 0.3 is 0 Å². The smallest absolute Gasteiger partial charge is 0.0656 e. The number of halogens is 1. The third-order valence-corrected chi connectivity index (χ3v) is 4.45. The van der Waals surface area contributed by atoms with Crippen molar-refractivity contribution in [3.63, 3.8) is 0 Å². The van der Waals surface area contributed by atoms with Crippen molar-refractivity contribution in [3.8, 4) is 0 Å². The molecule has 1 fully saturated rings. The fourth-order valence-corrected chi connectivity index (χ4v) is 2.96. The van der Waals surface area contributed by atoms with E-state index in [9.17, 15) is 0 Å². The zero-order valence-corrected chi connectivity index (χ0v) is 12.1. The molecule has 0 aromatic heterocycles. The van der Waals surface area contributed by atoms with E-state index in [1.165, 1.54) is 37.7 Å². The van der Waals surface area contributed by atoms with Crippen LogP contribution in [0.5, 0.6) is 0 Å². The first-order valence-electron chi connectivity index (χ1n) is 6.92. The highest BCUT2D eigenvalue weighted by molar-refractivity contribution is 6.33. The van der Waals surface area contributed by atoms with E-state index in [2.05, 4.69) is 19.2 Å². The minimum Gasteiger partial charge on any atom is -0.398 e. The molecule has 1 saturated carbocycles. The molecule has 1 aromatic carbocycles. The molecule has 3 N–H and O–H groups in total. The number of anilines is 2. The summed E-state index contributed by atoms with van der Waals surface area (Å²) in [5, 5.41) is 4.27. The number of nitrogens with two attached hydrogens (primary N) is 1. The van der Waals surface area contributed by atoms with Crippen LogP contribution in [0.25, 0.3) is 0 Å². The summed E-state index contributed by atoms with van der Waals surface area (Å²) in [5.74, 6) is 0.930. The monoisotopic (exact) mass is 266 g/mol. The molecule has 0 heterocycles. The van der Waals surface area contributed by atoms with Crippen LogP contribution in [-0.4, -0.2) is 6.04 Å². The predicted molar refractivity (Wildman–Crippen MR) is 80.3 cm³/mol. The maximum Gasteiger partial charge on any atom is 0.0656 e. The van der Waals surface area contributed by atoms with Crippen LogP contribution >= 0.6 is 11.6 Å². The van der Waals surface area contributed by atoms with E-state index in [1.807, 2.05) is 12.1 Å². The van der Waals surface area contributed by atoms with E-state index < -0.39 is 0 Å². The molecule has 0 spiro atoms. The van der Waals surface area contributed by atoms with Gasteiger partial charge in [0.2, 0.25) is 0 Å². The van der Waals surface area contributed by atoms with Gasteiger partial charge in [-0.2, -0.15) is 0 Å². The number of hydrogen-bond donors (Lipinski definition) is 2. The fraction of sp³-hybridized carbons (Fsp3) is 0.600. The summed E-state index contributed by atoms with van der Waals surface area (Å²) in [6, 6.07) is 4.49. The molecule has 0 radical (unpaired) electrons. The van der Waals surface area contributed by atoms with Crippen molar-refractivity contribution < 1.29 is 0 Å². The van der Waals surface area contributed by atoms with E-state index in [1.54, 1.807) is 0 Å². The minimum absolute atomic E-state index is 0.589. The molecule has 0 amide bonds. The average Bonchev–Trinajstić information content (AvgIpc) is 2.37. The van der Waals surface area contributed by atoms with E-state index >= 15 is 0 Å². The Morgan fingerprint density at radius 3 is 2.56 bits per heavy atom. The Hall–Kier alpha value is -0.890. The molecular weight excluding hydrogens is 244 g/mol. The molecule has 1 aliphatic rings. The standard InChI is InChI=1S/C15H23ClN2/c1-3-11-4-6-12(7-5-11)18-15-9-13(16)14(17)8-10(15)2/h8-9,11-12,18H,3-7,17H2,1-2H3. The van der Waals surface area contributed by atoms with Crippen LogP contribution < -0.4 is 11.1 Å². The third-order valence-electron chi connectivity index (χ3n) is 4.13. The highest BCUT2D eigenvalue weighted by atomic mass is 35.5. The number of aryl methyl sites for hydroxylation is 1. The Kier molecular flexibility index (Phi) is 4.39. The second kappa shape index (κ2) is 5.83. The molecular formula is C15H23ClN2. The molecule has 0 bridgehead atoms. The summed E-state index contributed by atoms with van der Waals surface area (Å²) in [7, 11) is 0. The van der Waals surface area contributed by atoms with Crippen LogP contribution in [0, 0.1) is 12.8 Å². The van der Waals surface area contributed by atoms with E-state index in [4.69, 9.17) is 17.3 Å². The number of benzene rings is 1. The third kappa shape index (κ3) is 3.11. The molecule has 0 saturated heterocycles. The number of nitrogen functional groups attached to an aromatic ring is 1. The molecule has 18 heavy (non-hydrogen) atoms. The highest BCUT2D eigenvalue weighted by Gasteiger charge is 2.20. The molecule has 1 aliphatic carbocycles. The second-order valence-electron chi connectivity index (χ2n) is 5.46. The molecule has 100 valence electrons. The molecule has 0 aliphatic heterocycles. The van der Waals surface area contributed by atoms with Crippen molar-refractivity contribution >= 4 is 23.0 Å². The van der Waals surface area contributed by atoms with E-state index in [-0.39, 0.29) is 0 Å². The number of rotatable bonds is 3. The van der Waals surface area contributed by atoms with Crippen LogP contribution in [0.2, 0.25) is 5.02 Å². The zero-order valence-electron chi connectivity index (χ0n) is 11.3. The molecule has 2 rings (SSSR count). The lowest BCUT2D eigenvalue weighted by Crippen LogP contribution is -2.26. The van der Waals surface area contributed by atoms with E-state index in [0.717, 1.165) is 11.6 Å². The summed E-state index contributed by atoms with van der Waals surface area (Å²) in [6.07, 6.45) is 6.53. The Morgan fingerprint density at radius 2 is 1.94 bits per heavy atom. The molecule has 2 nitrogen and oxygen atoms in total. The first-order chi connectivity index (χ1) is 8.60. The van der Waals surface area contributed by atoms with Crippen molar-refractivity contribution in [2.75, 3.05) is 11.1 Å². The Morgan fingerprint density at radius 1 is 1.28 bits per heavy atom. The quantitative estimate of drug-likeness (QED) is 0.784. The van der Waals surface area contributed by atoms with Gasteiger partial charge < -0.3 is 11.1 Å². The molecule has 1 aromatic rings. The lowest BCUT2D eigenvalue weighted by Gasteiger charge is -2.29. The van der Waals surface area contributed by atoms with Crippen LogP contribution in [-0.2, 0) is 0 Å². The topological polar surface area (TPSA) is 38.0 Å². The Bertz CT molecular complexity index is 409. The lowest BCUT2D eigenvalue weighted by atomic mass is 9.84. The Labute approximate surface area is 115 Å². The zero-order chi connectivity index (χ0) is 13.1. The van der Waals surface area contributed by atoms with Crippen LogP contribution in [0.1, 0.15) is 44.6 Å². The summed E-state index contributed by atoms with van der Waals surface area (Å²) in [6.45, 7) is 4.37. The van der Waals surface area contributed by atoms with Crippen molar-refractivity contribution in [2.24, 2.45) is 5.92 Å². The Balaban J connectivity index is 2.00. The number of hydrogen-bond acceptors (Lipinski definition) is 2. The van der Waals surface area contributed by atoms with Gasteiger partial charge in [0.1, 0.15) is 0 Å². The van der Waals surface area contributed by atoms with Crippen molar-refractivity contribution in [3.05, 3.63) is 22.7 Å². The fourth-order valence-electron chi connectivity index (χ4n) is 2.79. The largest absolute Gasteiger partial charge is 0.398 e. The first-order valence-corrected chi connectivity index (χ1v) is 7.30. The van der Waals surface area contributed by atoms with Gasteiger partial charge in [0.05, 0.1) is 10.7 Å². The maximum absolute atomic E-state index is 6.08. The van der Waals surface area contributed by atoms with Crippen molar-refractivity contribution in [1.29, 1.82) is 0 Å². The summed E-state index contributed by atoms with van der Waals surface area (Å²) >= 11 is 6.08. The van der Waals surface area contributed by atoms with Crippen LogP contribution in [0.4, 0.5) is 11.4 Å². The van der Waals surface area contributed by atoms with Crippen LogP contribution in [0.15, 0.2) is 12.1 Å². The normalized spacial score (nSPS) is 23.9. The first kappa shape index (κ1) is 13.5.